The molecule has 14 heteroatoms. The first-order chi connectivity index (χ1) is 29.9. The molecule has 0 radical (unpaired) electrons. The maximum atomic E-state index is 12.3. The molecule has 2 amide bonds. The zero-order valence-corrected chi connectivity index (χ0v) is 36.4. The summed E-state index contributed by atoms with van der Waals surface area (Å²) in [7, 11) is 0. The van der Waals surface area contributed by atoms with Gasteiger partial charge in [0, 0.05) is 30.9 Å². The molecule has 0 spiro atoms. The maximum Gasteiger partial charge on any atom is 0.400 e. The number of alkyl halides is 3. The van der Waals surface area contributed by atoms with Crippen molar-refractivity contribution in [3.63, 3.8) is 0 Å². The first-order valence-electron chi connectivity index (χ1n) is 18.5. The van der Waals surface area contributed by atoms with E-state index in [1.807, 2.05) is 35.6 Å². The summed E-state index contributed by atoms with van der Waals surface area (Å²) in [5.74, 6) is 42.3. The molecule has 0 aliphatic rings. The molecule has 0 bridgehead atoms. The summed E-state index contributed by atoms with van der Waals surface area (Å²) in [6.45, 7) is 7.54. The molecular weight excluding hydrogens is 862 g/mol. The van der Waals surface area contributed by atoms with E-state index in [-0.39, 0.29) is 43.6 Å². The van der Waals surface area contributed by atoms with Crippen LogP contribution in [0.1, 0.15) is 65.5 Å². The number of carboxylic acids is 2. The first-order valence-corrected chi connectivity index (χ1v) is 19.5. The number of nitrogens with one attached hydrogen (secondary N) is 2. The van der Waals surface area contributed by atoms with Gasteiger partial charge in [-0.15, -0.1) is 0 Å². The average Bonchev–Trinajstić information content (AvgIpc) is 3.21. The van der Waals surface area contributed by atoms with Gasteiger partial charge in [0.1, 0.15) is 23.1 Å². The number of benzene rings is 2. The largest absolute Gasteiger partial charge is 0.508 e. The highest BCUT2D eigenvalue weighted by atomic mass is 32.1. The minimum atomic E-state index is -4.64. The van der Waals surface area contributed by atoms with Gasteiger partial charge in [-0.2, -0.15) is 38.4 Å². The molecule has 2 rings (SSSR count). The first kappa shape index (κ1) is 58.7. The van der Waals surface area contributed by atoms with E-state index >= 15 is 0 Å². The number of hydrogen-bond donors (Lipinski definition) is 7. The third-order valence-corrected chi connectivity index (χ3v) is 7.90. The van der Waals surface area contributed by atoms with Crippen LogP contribution in [0, 0.1) is 112 Å². The Kier molecular flexibility index (Phi) is 32.4. The van der Waals surface area contributed by atoms with Crippen LogP contribution < -0.4 is 10.6 Å². The van der Waals surface area contributed by atoms with Crippen LogP contribution in [0.15, 0.2) is 54.6 Å². The molecule has 5 N–H and O–H groups in total. The summed E-state index contributed by atoms with van der Waals surface area (Å²) in [5.41, 5.74) is 1.39. The fourth-order valence-corrected chi connectivity index (χ4v) is 5.07. The minimum absolute atomic E-state index is 0. The fraction of sp³-hybridized carbons (Fsp3) is 0.320. The van der Waals surface area contributed by atoms with E-state index in [0.717, 1.165) is 12.0 Å². The van der Waals surface area contributed by atoms with Crippen LogP contribution in [-0.2, 0) is 32.0 Å². The van der Waals surface area contributed by atoms with Crippen molar-refractivity contribution in [2.45, 2.75) is 96.0 Å². The third kappa shape index (κ3) is 32.4. The van der Waals surface area contributed by atoms with Gasteiger partial charge < -0.3 is 26.0 Å². The van der Waals surface area contributed by atoms with E-state index in [0.29, 0.717) is 11.5 Å². The van der Waals surface area contributed by atoms with Gasteiger partial charge >= 0.3 is 18.1 Å². The normalized spacial score (nSPS) is 10.6. The van der Waals surface area contributed by atoms with Gasteiger partial charge in [0.2, 0.25) is 11.8 Å². The number of carbonyl (C=O) groups excluding carboxylic acids is 2. The second-order valence-electron chi connectivity index (χ2n) is 12.7. The van der Waals surface area contributed by atoms with Crippen LogP contribution in [0.5, 0.6) is 5.75 Å². The number of carbonyl (C=O) groups is 4. The van der Waals surface area contributed by atoms with Crippen LogP contribution in [0.25, 0.3) is 0 Å². The van der Waals surface area contributed by atoms with Crippen LogP contribution in [0.4, 0.5) is 13.2 Å². The highest BCUT2D eigenvalue weighted by Gasteiger charge is 2.38. The van der Waals surface area contributed by atoms with Crippen molar-refractivity contribution >= 4 is 49.0 Å². The van der Waals surface area contributed by atoms with Crippen LogP contribution in [-0.4, -0.2) is 67.8 Å². The highest BCUT2D eigenvalue weighted by Crippen LogP contribution is 2.27. The summed E-state index contributed by atoms with van der Waals surface area (Å²) in [6, 6.07) is 12.6. The Balaban J connectivity index is 0. The molecule has 9 nitrogen and oxygen atoms in total. The topological polar surface area (TPSA) is 153 Å². The number of halogens is 3. The Hall–Kier alpha value is -7.35. The Morgan fingerprint density at radius 1 is 0.594 bits per heavy atom. The van der Waals surface area contributed by atoms with E-state index in [9.17, 15) is 37.5 Å². The molecule has 4 atom stereocenters. The number of phenolic OH excluding ortho intramolecular Hbond substituents is 1. The van der Waals surface area contributed by atoms with Crippen molar-refractivity contribution < 1.29 is 47.7 Å². The number of aliphatic carboxylic acids is 2. The molecule has 0 saturated heterocycles. The zero-order valence-electron chi connectivity index (χ0n) is 34.6. The number of thiol groups is 2. The number of hydrogen-bond acceptors (Lipinski definition) is 7. The number of aromatic hydroxyl groups is 1. The molecule has 2 aromatic rings. The monoisotopic (exact) mass is 908 g/mol. The maximum absolute atomic E-state index is 12.3. The van der Waals surface area contributed by atoms with Gasteiger partial charge in [0.05, 0.1) is 0 Å². The average molecular weight is 909 g/mol. The summed E-state index contributed by atoms with van der Waals surface area (Å²) >= 11 is 7.65. The Morgan fingerprint density at radius 3 is 1.27 bits per heavy atom. The van der Waals surface area contributed by atoms with Crippen molar-refractivity contribution in [1.82, 2.24) is 10.6 Å². The minimum Gasteiger partial charge on any atom is -0.508 e. The Bertz CT molecular complexity index is 2360. The van der Waals surface area contributed by atoms with Crippen LogP contribution in [0.3, 0.4) is 0 Å². The highest BCUT2D eigenvalue weighted by molar-refractivity contribution is 7.81. The smallest absolute Gasteiger partial charge is 0.400 e. The number of carboxylic acid groups (broad SMARTS) is 2. The van der Waals surface area contributed by atoms with Gasteiger partial charge in [0.25, 0.3) is 0 Å². The molecule has 0 heterocycles. The lowest BCUT2D eigenvalue weighted by molar-refractivity contribution is -0.144. The quantitative estimate of drug-likeness (QED) is 0.0911. The second-order valence-corrected chi connectivity index (χ2v) is 14.1. The van der Waals surface area contributed by atoms with E-state index < -0.39 is 47.8 Å². The van der Waals surface area contributed by atoms with Gasteiger partial charge in [-0.1, -0.05) is 75.6 Å². The lowest BCUT2D eigenvalue weighted by atomic mass is 10.0. The third-order valence-electron chi connectivity index (χ3n) is 7.03. The fourth-order valence-electron chi connectivity index (χ4n) is 4.32. The summed E-state index contributed by atoms with van der Waals surface area (Å²) in [4.78, 5) is 45.8. The SMILES string of the molecule is C.CC#CC#CC#CC#CC#CC#CC#CC#CC#CC.CC(C)CC(S)CC(=O)NC(Cc1ccccc1)C(=O)O.O=C(CC(S)C(F)(F)F)NC(Cc1ccc(O)cc1)C(=O)O. The molecule has 4 unspecified atom stereocenters. The van der Waals surface area contributed by atoms with Crippen molar-refractivity contribution in [3.05, 3.63) is 65.7 Å². The van der Waals surface area contributed by atoms with Crippen molar-refractivity contribution in [2.24, 2.45) is 5.92 Å². The number of amides is 2. The van der Waals surface area contributed by atoms with Gasteiger partial charge in [-0.05, 0) is 144 Å². The molecule has 0 saturated carbocycles. The molecule has 2 aromatic carbocycles. The van der Waals surface area contributed by atoms with Gasteiger partial charge in [-0.25, -0.2) is 9.59 Å². The van der Waals surface area contributed by atoms with E-state index in [2.05, 4.69) is 151 Å². The van der Waals surface area contributed by atoms with Gasteiger partial charge in [0.15, 0.2) is 0 Å². The zero-order chi connectivity index (χ0) is 47.5. The summed E-state index contributed by atoms with van der Waals surface area (Å²) in [5, 5.41) is 29.8. The standard InChI is InChI=1S/C20H6.C16H23NO3S.C13H14F3NO4S.CH4/c1-3-5-7-9-11-13-15-17-19-20-18-16-14-12-10-8-6-4-2;1-11(2)8-13(21)10-15(18)17-14(16(19)20)9-12-6-4-3-5-7-12;14-13(15,16)10(22)6-11(19)17-9(12(20)21)5-7-1-3-8(18)4-2-7;/h1-2H3;3-7,11,13-14,21H,8-10H2,1-2H3,(H,17,18)(H,19,20);1-4,9-10,18,22H,5-6H2,(H,17,19)(H,20,21);1H4. The van der Waals surface area contributed by atoms with E-state index in [1.165, 1.54) is 24.3 Å². The predicted octanol–water partition coefficient (Wildman–Crippen LogP) is 5.98. The summed E-state index contributed by atoms with van der Waals surface area (Å²) in [6.07, 6.45) is -4.39. The molecule has 0 aliphatic carbocycles. The predicted molar refractivity (Wildman–Crippen MR) is 249 cm³/mol. The molecule has 0 aromatic heterocycles. The molecule has 0 aliphatic heterocycles. The van der Waals surface area contributed by atoms with Crippen LogP contribution >= 0.6 is 25.3 Å². The molecular formula is C50H47F3N2O7S2. The Labute approximate surface area is 385 Å². The van der Waals surface area contributed by atoms with Crippen LogP contribution in [0.2, 0.25) is 0 Å². The van der Waals surface area contributed by atoms with E-state index in [1.54, 1.807) is 13.8 Å². The Morgan fingerprint density at radius 2 is 0.938 bits per heavy atom. The van der Waals surface area contributed by atoms with Crippen molar-refractivity contribution in [2.75, 3.05) is 0 Å². The number of phenols is 1. The lowest BCUT2D eigenvalue weighted by Gasteiger charge is -2.18. The number of rotatable bonds is 14. The van der Waals surface area contributed by atoms with Crippen molar-refractivity contribution in [1.29, 1.82) is 0 Å². The lowest BCUT2D eigenvalue weighted by Crippen LogP contribution is -2.44. The molecule has 332 valence electrons. The molecule has 64 heavy (non-hydrogen) atoms. The van der Waals surface area contributed by atoms with Gasteiger partial charge in [-0.3, -0.25) is 9.59 Å². The van der Waals surface area contributed by atoms with E-state index in [4.69, 9.17) is 10.2 Å². The second kappa shape index (κ2) is 35.3. The summed E-state index contributed by atoms with van der Waals surface area (Å²) < 4.78 is 36.9. The van der Waals surface area contributed by atoms with Crippen molar-refractivity contribution in [3.8, 4) is 112 Å². The molecule has 0 fully saturated rings.